The lowest BCUT2D eigenvalue weighted by molar-refractivity contribution is 0.626. The Hall–Kier alpha value is -2.09. The second kappa shape index (κ2) is 5.36. The topological polar surface area (TPSA) is 41.6 Å². The Morgan fingerprint density at radius 2 is 2.05 bits per heavy atom. The summed E-state index contributed by atoms with van der Waals surface area (Å²) in [6, 6.07) is 11.2. The van der Waals surface area contributed by atoms with Crippen molar-refractivity contribution in [2.45, 2.75) is 5.88 Å². The molecule has 0 fully saturated rings. The summed E-state index contributed by atoms with van der Waals surface area (Å²) in [6.45, 7) is 0. The Balaban J connectivity index is 2.39. The lowest BCUT2D eigenvalue weighted by Gasteiger charge is -2.10. The van der Waals surface area contributed by atoms with E-state index < -0.39 is 5.82 Å². The third-order valence-corrected chi connectivity index (χ3v) is 3.68. The van der Waals surface area contributed by atoms with Crippen LogP contribution in [0.4, 0.5) is 4.39 Å². The van der Waals surface area contributed by atoms with Crippen LogP contribution in [-0.4, -0.2) is 9.55 Å². The molecule has 1 aromatic heterocycles. The van der Waals surface area contributed by atoms with Crippen LogP contribution in [0, 0.1) is 17.1 Å². The molecular weight excluding hydrogens is 312 g/mol. The number of rotatable bonds is 2. The number of nitrogens with zero attached hydrogens (tertiary/aromatic N) is 3. The van der Waals surface area contributed by atoms with Crippen molar-refractivity contribution in [3.63, 3.8) is 0 Å². The highest BCUT2D eigenvalue weighted by Crippen LogP contribution is 2.28. The van der Waals surface area contributed by atoms with Gasteiger partial charge in [0.2, 0.25) is 0 Å². The highest BCUT2D eigenvalue weighted by atomic mass is 35.5. The van der Waals surface area contributed by atoms with Crippen molar-refractivity contribution in [2.24, 2.45) is 0 Å². The Kier molecular flexibility index (Phi) is 3.54. The van der Waals surface area contributed by atoms with Crippen molar-refractivity contribution in [3.05, 3.63) is 58.6 Å². The molecule has 0 bridgehead atoms. The zero-order valence-corrected chi connectivity index (χ0v) is 12.2. The number of hydrogen-bond acceptors (Lipinski definition) is 2. The molecule has 1 heterocycles. The van der Waals surface area contributed by atoms with Crippen LogP contribution in [0.15, 0.2) is 36.4 Å². The number of benzene rings is 2. The molecule has 0 spiro atoms. The van der Waals surface area contributed by atoms with Crippen LogP contribution in [0.3, 0.4) is 0 Å². The fourth-order valence-electron chi connectivity index (χ4n) is 2.21. The molecule has 0 aliphatic heterocycles. The van der Waals surface area contributed by atoms with Gasteiger partial charge in [-0.05, 0) is 36.4 Å². The van der Waals surface area contributed by atoms with Gasteiger partial charge in [-0.15, -0.1) is 11.6 Å². The summed E-state index contributed by atoms with van der Waals surface area (Å²) < 4.78 is 15.2. The van der Waals surface area contributed by atoms with Gasteiger partial charge in [-0.2, -0.15) is 5.26 Å². The van der Waals surface area contributed by atoms with Gasteiger partial charge in [-0.25, -0.2) is 9.37 Å². The third-order valence-electron chi connectivity index (χ3n) is 3.12. The molecule has 3 rings (SSSR count). The highest BCUT2D eigenvalue weighted by molar-refractivity contribution is 6.32. The lowest BCUT2D eigenvalue weighted by atomic mass is 10.2. The number of fused-ring (bicyclic) bond motifs is 1. The molecule has 0 aliphatic carbocycles. The van der Waals surface area contributed by atoms with Crippen molar-refractivity contribution in [2.75, 3.05) is 0 Å². The molecule has 0 saturated carbocycles. The molecule has 3 aromatic rings. The van der Waals surface area contributed by atoms with Gasteiger partial charge in [-0.3, -0.25) is 4.57 Å². The van der Waals surface area contributed by atoms with Crippen LogP contribution in [0.2, 0.25) is 5.02 Å². The number of alkyl halides is 1. The quantitative estimate of drug-likeness (QED) is 0.656. The van der Waals surface area contributed by atoms with Crippen molar-refractivity contribution < 1.29 is 4.39 Å². The first-order valence-corrected chi connectivity index (χ1v) is 6.98. The lowest BCUT2D eigenvalue weighted by Crippen LogP contribution is -2.01. The van der Waals surface area contributed by atoms with E-state index in [2.05, 4.69) is 11.1 Å². The summed E-state index contributed by atoms with van der Waals surface area (Å²) in [5.74, 6) is 0.270. The number of aromatic nitrogens is 2. The Morgan fingerprint density at radius 3 is 2.76 bits per heavy atom. The maximum atomic E-state index is 13.5. The van der Waals surface area contributed by atoms with E-state index in [1.54, 1.807) is 22.8 Å². The average Bonchev–Trinajstić information content (AvgIpc) is 2.87. The van der Waals surface area contributed by atoms with Gasteiger partial charge in [-0.1, -0.05) is 11.6 Å². The van der Waals surface area contributed by atoms with Crippen molar-refractivity contribution in [1.82, 2.24) is 9.55 Å². The summed E-state index contributed by atoms with van der Waals surface area (Å²) in [4.78, 5) is 4.39. The van der Waals surface area contributed by atoms with E-state index in [1.807, 2.05) is 0 Å². The molecule has 2 aromatic carbocycles. The maximum absolute atomic E-state index is 13.5. The largest absolute Gasteiger partial charge is 0.294 e. The van der Waals surface area contributed by atoms with Crippen LogP contribution in [0.25, 0.3) is 16.7 Å². The summed E-state index contributed by atoms with van der Waals surface area (Å²) >= 11 is 12.1. The molecule has 0 unspecified atom stereocenters. The molecule has 0 amide bonds. The van der Waals surface area contributed by atoms with Crippen molar-refractivity contribution in [3.8, 4) is 11.8 Å². The van der Waals surface area contributed by atoms with Crippen LogP contribution < -0.4 is 0 Å². The van der Waals surface area contributed by atoms with Crippen molar-refractivity contribution in [1.29, 1.82) is 5.26 Å². The molecule has 0 radical (unpaired) electrons. The molecule has 0 N–H and O–H groups in total. The minimum absolute atomic E-state index is 0.142. The zero-order valence-electron chi connectivity index (χ0n) is 10.6. The van der Waals surface area contributed by atoms with E-state index >= 15 is 0 Å². The van der Waals surface area contributed by atoms with Gasteiger partial charge in [0.15, 0.2) is 0 Å². The van der Waals surface area contributed by atoms with Crippen LogP contribution >= 0.6 is 23.2 Å². The van der Waals surface area contributed by atoms with Gasteiger partial charge in [0.05, 0.1) is 39.3 Å². The van der Waals surface area contributed by atoms with Crippen LogP contribution in [0.1, 0.15) is 11.4 Å². The predicted molar refractivity (Wildman–Crippen MR) is 80.3 cm³/mol. The SMILES string of the molecule is N#Cc1ccc2nc(CCl)n(-c3cc(F)ccc3Cl)c2c1. The first-order chi connectivity index (χ1) is 10.1. The summed E-state index contributed by atoms with van der Waals surface area (Å²) in [5.41, 5.74) is 2.27. The molecule has 21 heavy (non-hydrogen) atoms. The van der Waals surface area contributed by atoms with Gasteiger partial charge >= 0.3 is 0 Å². The molecule has 3 nitrogen and oxygen atoms in total. The summed E-state index contributed by atoms with van der Waals surface area (Å²) in [6.07, 6.45) is 0. The molecular formula is C15H8Cl2FN3. The average molecular weight is 320 g/mol. The van der Waals surface area contributed by atoms with E-state index in [0.717, 1.165) is 0 Å². The summed E-state index contributed by atoms with van der Waals surface area (Å²) in [7, 11) is 0. The first-order valence-electron chi connectivity index (χ1n) is 6.07. The van der Waals surface area contributed by atoms with E-state index in [9.17, 15) is 4.39 Å². The standard InChI is InChI=1S/C15H8Cl2FN3/c16-7-15-20-12-4-1-9(8-19)5-14(12)21(15)13-6-10(18)2-3-11(13)17/h1-6H,7H2. The second-order valence-corrected chi connectivity index (χ2v) is 5.08. The number of halogens is 3. The second-order valence-electron chi connectivity index (χ2n) is 4.41. The fourth-order valence-corrected chi connectivity index (χ4v) is 2.59. The fraction of sp³-hybridized carbons (Fsp3) is 0.0667. The van der Waals surface area contributed by atoms with Gasteiger partial charge < -0.3 is 0 Å². The van der Waals surface area contributed by atoms with Gasteiger partial charge in [0, 0.05) is 0 Å². The number of hydrogen-bond donors (Lipinski definition) is 0. The van der Waals surface area contributed by atoms with E-state index in [0.29, 0.717) is 33.1 Å². The Labute approximate surface area is 130 Å². The Bertz CT molecular complexity index is 880. The third kappa shape index (κ3) is 2.35. The smallest absolute Gasteiger partial charge is 0.129 e. The molecule has 6 heteroatoms. The molecule has 104 valence electrons. The normalized spacial score (nSPS) is 10.8. The van der Waals surface area contributed by atoms with Gasteiger partial charge in [0.1, 0.15) is 11.6 Å². The maximum Gasteiger partial charge on any atom is 0.129 e. The number of nitriles is 1. The molecule has 0 atom stereocenters. The number of imidazole rings is 1. The van der Waals surface area contributed by atoms with Gasteiger partial charge in [0.25, 0.3) is 0 Å². The zero-order chi connectivity index (χ0) is 15.0. The van der Waals surface area contributed by atoms with Crippen molar-refractivity contribution >= 4 is 34.2 Å². The van der Waals surface area contributed by atoms with Crippen LogP contribution in [-0.2, 0) is 5.88 Å². The minimum Gasteiger partial charge on any atom is -0.294 e. The molecule has 0 aliphatic rings. The minimum atomic E-state index is -0.409. The highest BCUT2D eigenvalue weighted by Gasteiger charge is 2.15. The van der Waals surface area contributed by atoms with Crippen LogP contribution in [0.5, 0.6) is 0 Å². The predicted octanol–water partition coefficient (Wildman–Crippen LogP) is 4.43. The summed E-state index contributed by atoms with van der Waals surface area (Å²) in [5, 5.41) is 9.41. The Morgan fingerprint density at radius 1 is 1.24 bits per heavy atom. The molecule has 0 saturated heterocycles. The van der Waals surface area contributed by atoms with E-state index in [4.69, 9.17) is 28.5 Å². The first kappa shape index (κ1) is 13.9. The monoisotopic (exact) mass is 319 g/mol. The van der Waals surface area contributed by atoms with E-state index in [1.165, 1.54) is 18.2 Å². The van der Waals surface area contributed by atoms with E-state index in [-0.39, 0.29) is 5.88 Å².